The fourth-order valence-corrected chi connectivity index (χ4v) is 2.55. The van der Waals surface area contributed by atoms with Crippen molar-refractivity contribution in [1.29, 1.82) is 0 Å². The van der Waals surface area contributed by atoms with Crippen molar-refractivity contribution in [3.8, 4) is 28.3 Å². The van der Waals surface area contributed by atoms with E-state index in [2.05, 4.69) is 15.4 Å². The van der Waals surface area contributed by atoms with Gasteiger partial charge >= 0.3 is 0 Å². The molecule has 0 radical (unpaired) electrons. The highest BCUT2D eigenvalue weighted by molar-refractivity contribution is 6.42. The van der Waals surface area contributed by atoms with E-state index >= 15 is 0 Å². The number of aldehydes is 1. The SMILES string of the molecule is COc1ccc(-c2n[nH]nc2-c2ccc(Cl)c(Cl)c2)cc1C=O. The Morgan fingerprint density at radius 3 is 2.26 bits per heavy atom. The molecule has 0 bridgehead atoms. The highest BCUT2D eigenvalue weighted by Gasteiger charge is 2.15. The maximum atomic E-state index is 11.2. The maximum absolute atomic E-state index is 11.2. The van der Waals surface area contributed by atoms with Crippen LogP contribution in [0.1, 0.15) is 10.4 Å². The number of halogens is 2. The molecule has 0 atom stereocenters. The molecule has 7 heteroatoms. The number of benzene rings is 2. The summed E-state index contributed by atoms with van der Waals surface area (Å²) < 4.78 is 5.15. The monoisotopic (exact) mass is 347 g/mol. The van der Waals surface area contributed by atoms with Gasteiger partial charge in [0.05, 0.1) is 22.7 Å². The van der Waals surface area contributed by atoms with Crippen molar-refractivity contribution in [3.05, 3.63) is 52.0 Å². The minimum Gasteiger partial charge on any atom is -0.496 e. The fourth-order valence-electron chi connectivity index (χ4n) is 2.25. The number of nitrogens with one attached hydrogen (secondary N) is 1. The van der Waals surface area contributed by atoms with Crippen molar-refractivity contribution in [3.63, 3.8) is 0 Å². The molecule has 0 fully saturated rings. The molecule has 3 aromatic rings. The Labute approximate surface area is 142 Å². The number of aromatic amines is 1. The summed E-state index contributed by atoms with van der Waals surface area (Å²) in [6, 6.07) is 10.4. The zero-order valence-electron chi connectivity index (χ0n) is 12.0. The van der Waals surface area contributed by atoms with Crippen LogP contribution in [0.25, 0.3) is 22.5 Å². The third kappa shape index (κ3) is 2.93. The molecule has 1 aromatic heterocycles. The first-order chi connectivity index (χ1) is 11.1. The summed E-state index contributed by atoms with van der Waals surface area (Å²) in [5.41, 5.74) is 3.17. The van der Waals surface area contributed by atoms with Gasteiger partial charge in [0.15, 0.2) is 6.29 Å². The van der Waals surface area contributed by atoms with Gasteiger partial charge in [0.2, 0.25) is 0 Å². The van der Waals surface area contributed by atoms with E-state index in [0.29, 0.717) is 32.7 Å². The molecular formula is C16H11Cl2N3O2. The van der Waals surface area contributed by atoms with E-state index in [-0.39, 0.29) is 0 Å². The highest BCUT2D eigenvalue weighted by atomic mass is 35.5. The molecule has 116 valence electrons. The van der Waals surface area contributed by atoms with Gasteiger partial charge in [-0.2, -0.15) is 15.4 Å². The van der Waals surface area contributed by atoms with Gasteiger partial charge in [0.1, 0.15) is 17.1 Å². The fraction of sp³-hybridized carbons (Fsp3) is 0.0625. The van der Waals surface area contributed by atoms with Crippen LogP contribution in [0.2, 0.25) is 10.0 Å². The third-order valence-corrected chi connectivity index (χ3v) is 4.11. The average Bonchev–Trinajstić information content (AvgIpc) is 3.06. The summed E-state index contributed by atoms with van der Waals surface area (Å²) in [6.07, 6.45) is 0.737. The molecule has 0 saturated carbocycles. The van der Waals surface area contributed by atoms with E-state index in [0.717, 1.165) is 17.4 Å². The number of carbonyl (C=O) groups is 1. The lowest BCUT2D eigenvalue weighted by atomic mass is 10.0. The normalized spacial score (nSPS) is 10.6. The molecule has 2 aromatic carbocycles. The smallest absolute Gasteiger partial charge is 0.153 e. The molecular weight excluding hydrogens is 337 g/mol. The molecule has 0 saturated heterocycles. The Hall–Kier alpha value is -2.37. The predicted octanol–water partition coefficient (Wildman–Crippen LogP) is 4.27. The van der Waals surface area contributed by atoms with E-state index in [1.54, 1.807) is 30.3 Å². The van der Waals surface area contributed by atoms with Gasteiger partial charge in [-0.1, -0.05) is 29.3 Å². The lowest BCUT2D eigenvalue weighted by molar-refractivity contribution is 0.112. The van der Waals surface area contributed by atoms with E-state index < -0.39 is 0 Å². The molecule has 0 unspecified atom stereocenters. The van der Waals surface area contributed by atoms with Crippen LogP contribution in [0.15, 0.2) is 36.4 Å². The van der Waals surface area contributed by atoms with Gasteiger partial charge in [-0.3, -0.25) is 4.79 Å². The second-order valence-corrected chi connectivity index (χ2v) is 5.54. The highest BCUT2D eigenvalue weighted by Crippen LogP contribution is 2.33. The van der Waals surface area contributed by atoms with Crippen molar-refractivity contribution < 1.29 is 9.53 Å². The summed E-state index contributed by atoms with van der Waals surface area (Å²) in [6.45, 7) is 0. The Balaban J connectivity index is 2.11. The number of ether oxygens (including phenoxy) is 1. The zero-order chi connectivity index (χ0) is 16.4. The topological polar surface area (TPSA) is 67.9 Å². The van der Waals surface area contributed by atoms with Crippen molar-refractivity contribution in [2.75, 3.05) is 7.11 Å². The van der Waals surface area contributed by atoms with E-state index in [9.17, 15) is 4.79 Å². The van der Waals surface area contributed by atoms with Gasteiger partial charge < -0.3 is 4.74 Å². The quantitative estimate of drug-likeness (QED) is 0.715. The Morgan fingerprint density at radius 1 is 1.00 bits per heavy atom. The Morgan fingerprint density at radius 2 is 1.65 bits per heavy atom. The minimum absolute atomic E-state index is 0.432. The zero-order valence-corrected chi connectivity index (χ0v) is 13.5. The summed E-state index contributed by atoms with van der Waals surface area (Å²) >= 11 is 12.0. The van der Waals surface area contributed by atoms with Crippen molar-refractivity contribution in [2.45, 2.75) is 0 Å². The molecule has 0 aliphatic carbocycles. The number of hydrogen-bond acceptors (Lipinski definition) is 4. The van der Waals surface area contributed by atoms with Crippen LogP contribution >= 0.6 is 23.2 Å². The average molecular weight is 348 g/mol. The van der Waals surface area contributed by atoms with Crippen LogP contribution in [0.5, 0.6) is 5.75 Å². The number of methoxy groups -OCH3 is 1. The predicted molar refractivity (Wildman–Crippen MR) is 89.2 cm³/mol. The van der Waals surface area contributed by atoms with Gasteiger partial charge in [0, 0.05) is 11.1 Å². The molecule has 1 N–H and O–H groups in total. The lowest BCUT2D eigenvalue weighted by Gasteiger charge is -2.06. The van der Waals surface area contributed by atoms with Gasteiger partial charge in [0.25, 0.3) is 0 Å². The standard InChI is InChI=1S/C16H11Cl2N3O2/c1-23-14-5-3-9(6-11(14)8-22)15-16(20-21-19-15)10-2-4-12(17)13(18)7-10/h2-8H,1H3,(H,19,20,21). The number of aromatic nitrogens is 3. The number of H-pyrrole nitrogens is 1. The van der Waals surface area contributed by atoms with Crippen LogP contribution in [-0.2, 0) is 0 Å². The van der Waals surface area contributed by atoms with Gasteiger partial charge in [-0.15, -0.1) is 0 Å². The van der Waals surface area contributed by atoms with E-state index in [4.69, 9.17) is 27.9 Å². The van der Waals surface area contributed by atoms with Gasteiger partial charge in [-0.25, -0.2) is 0 Å². The third-order valence-electron chi connectivity index (χ3n) is 3.37. The Kier molecular flexibility index (Phi) is 4.32. The van der Waals surface area contributed by atoms with Crippen LogP contribution in [-0.4, -0.2) is 28.8 Å². The van der Waals surface area contributed by atoms with Crippen molar-refractivity contribution in [1.82, 2.24) is 15.4 Å². The first-order valence-corrected chi connectivity index (χ1v) is 7.39. The Bertz CT molecular complexity index is 878. The summed E-state index contributed by atoms with van der Waals surface area (Å²) in [5.74, 6) is 0.503. The summed E-state index contributed by atoms with van der Waals surface area (Å²) in [7, 11) is 1.51. The first-order valence-electron chi connectivity index (χ1n) is 6.64. The van der Waals surface area contributed by atoms with Crippen LogP contribution in [0, 0.1) is 0 Å². The molecule has 0 amide bonds. The largest absolute Gasteiger partial charge is 0.496 e. The van der Waals surface area contributed by atoms with Crippen molar-refractivity contribution >= 4 is 29.5 Å². The molecule has 0 spiro atoms. The van der Waals surface area contributed by atoms with Gasteiger partial charge in [-0.05, 0) is 30.3 Å². The number of carbonyl (C=O) groups excluding carboxylic acids is 1. The molecule has 0 aliphatic rings. The first kappa shape index (κ1) is 15.5. The summed E-state index contributed by atoms with van der Waals surface area (Å²) in [4.78, 5) is 11.2. The molecule has 3 rings (SSSR count). The second-order valence-electron chi connectivity index (χ2n) is 4.72. The second kappa shape index (κ2) is 6.40. The van der Waals surface area contributed by atoms with Crippen LogP contribution in [0.4, 0.5) is 0 Å². The molecule has 23 heavy (non-hydrogen) atoms. The molecule has 5 nitrogen and oxygen atoms in total. The number of rotatable bonds is 4. The van der Waals surface area contributed by atoms with E-state index in [1.807, 2.05) is 6.07 Å². The maximum Gasteiger partial charge on any atom is 0.153 e. The van der Waals surface area contributed by atoms with E-state index in [1.165, 1.54) is 7.11 Å². The minimum atomic E-state index is 0.432. The lowest BCUT2D eigenvalue weighted by Crippen LogP contribution is -1.92. The number of hydrogen-bond donors (Lipinski definition) is 1. The summed E-state index contributed by atoms with van der Waals surface area (Å²) in [5, 5.41) is 11.8. The number of nitrogens with zero attached hydrogens (tertiary/aromatic N) is 2. The van der Waals surface area contributed by atoms with Crippen LogP contribution < -0.4 is 4.74 Å². The molecule has 0 aliphatic heterocycles. The van der Waals surface area contributed by atoms with Crippen LogP contribution in [0.3, 0.4) is 0 Å². The molecule has 1 heterocycles. The van der Waals surface area contributed by atoms with Crippen molar-refractivity contribution in [2.24, 2.45) is 0 Å².